The van der Waals surface area contributed by atoms with E-state index in [1.807, 2.05) is 34.6 Å². The number of aliphatic imine (C=N–C) groups is 1. The highest BCUT2D eigenvalue weighted by atomic mass is 19.1. The van der Waals surface area contributed by atoms with Gasteiger partial charge in [-0.15, -0.1) is 0 Å². The fourth-order valence-electron chi connectivity index (χ4n) is 3.96. The average molecular weight is 486 g/mol. The maximum Gasteiger partial charge on any atom is 0.410 e. The van der Waals surface area contributed by atoms with Crippen molar-refractivity contribution in [2.75, 3.05) is 18.4 Å². The number of aromatic amines is 1. The number of nitrogens with zero attached hydrogens (tertiary/aromatic N) is 3. The lowest BCUT2D eigenvalue weighted by molar-refractivity contribution is 0.0172. The predicted molar refractivity (Wildman–Crippen MR) is 138 cm³/mol. The molecule has 2 atom stereocenters. The third-order valence-electron chi connectivity index (χ3n) is 5.97. The van der Waals surface area contributed by atoms with Crippen molar-refractivity contribution in [3.63, 3.8) is 0 Å². The van der Waals surface area contributed by atoms with Crippen LogP contribution < -0.4 is 11.0 Å². The molecule has 8 nitrogen and oxygen atoms in total. The van der Waals surface area contributed by atoms with E-state index in [2.05, 4.69) is 16.9 Å². The van der Waals surface area contributed by atoms with Crippen LogP contribution in [0.3, 0.4) is 0 Å². The molecule has 0 spiro atoms. The van der Waals surface area contributed by atoms with Crippen molar-refractivity contribution < 1.29 is 13.9 Å². The van der Waals surface area contributed by atoms with E-state index in [0.29, 0.717) is 36.1 Å². The van der Waals surface area contributed by atoms with Crippen molar-refractivity contribution in [2.24, 2.45) is 10.9 Å². The number of aromatic nitrogens is 2. The minimum absolute atomic E-state index is 0.0424. The average Bonchev–Trinajstić information content (AvgIpc) is 3.13. The van der Waals surface area contributed by atoms with Crippen LogP contribution in [0.15, 0.2) is 40.6 Å². The summed E-state index contributed by atoms with van der Waals surface area (Å²) in [6, 6.07) is 5.78. The van der Waals surface area contributed by atoms with Gasteiger partial charge in [0, 0.05) is 24.7 Å². The molecule has 1 aromatic carbocycles. The molecule has 1 aliphatic rings. The van der Waals surface area contributed by atoms with Crippen LogP contribution >= 0.6 is 0 Å². The molecule has 3 rings (SSSR count). The van der Waals surface area contributed by atoms with Crippen molar-refractivity contribution in [2.45, 2.75) is 65.5 Å². The van der Waals surface area contributed by atoms with Crippen molar-refractivity contribution in [3.05, 3.63) is 52.8 Å². The van der Waals surface area contributed by atoms with E-state index in [1.54, 1.807) is 27.7 Å². The number of amides is 1. The lowest BCUT2D eigenvalue weighted by atomic mass is 10.1. The topological polar surface area (TPSA) is 91.7 Å². The number of anilines is 1. The van der Waals surface area contributed by atoms with E-state index >= 15 is 0 Å². The van der Waals surface area contributed by atoms with Crippen molar-refractivity contribution >= 4 is 29.5 Å². The second-order valence-electron chi connectivity index (χ2n) is 9.90. The van der Waals surface area contributed by atoms with Gasteiger partial charge in [0.15, 0.2) is 5.82 Å². The highest BCUT2D eigenvalue weighted by Crippen LogP contribution is 2.29. The van der Waals surface area contributed by atoms with Crippen LogP contribution in [0, 0.1) is 11.7 Å². The van der Waals surface area contributed by atoms with E-state index in [-0.39, 0.29) is 23.5 Å². The first-order chi connectivity index (χ1) is 16.5. The molecule has 0 bridgehead atoms. The zero-order valence-electron chi connectivity index (χ0n) is 21.2. The van der Waals surface area contributed by atoms with Gasteiger partial charge >= 0.3 is 11.8 Å². The minimum Gasteiger partial charge on any atom is -0.444 e. The van der Waals surface area contributed by atoms with Crippen LogP contribution in [0.1, 0.15) is 65.6 Å². The van der Waals surface area contributed by atoms with Crippen LogP contribution in [-0.2, 0) is 4.74 Å². The Morgan fingerprint density at radius 3 is 2.66 bits per heavy atom. The molecule has 1 aromatic heterocycles. The maximum atomic E-state index is 13.4. The highest BCUT2D eigenvalue weighted by molar-refractivity contribution is 5.98. The van der Waals surface area contributed by atoms with Gasteiger partial charge in [0.1, 0.15) is 17.3 Å². The number of benzene rings is 1. The Balaban J connectivity index is 1.98. The summed E-state index contributed by atoms with van der Waals surface area (Å²) in [6.45, 7) is 14.3. The van der Waals surface area contributed by atoms with E-state index in [1.165, 1.54) is 12.1 Å². The van der Waals surface area contributed by atoms with Crippen LogP contribution in [0.4, 0.5) is 20.7 Å². The number of carbonyl (C=O) groups is 1. The number of likely N-dealkylation sites (tertiary alicyclic amines) is 1. The first-order valence-electron chi connectivity index (χ1n) is 12.1. The van der Waals surface area contributed by atoms with E-state index in [4.69, 9.17) is 9.73 Å². The second-order valence-corrected chi connectivity index (χ2v) is 9.90. The zero-order valence-corrected chi connectivity index (χ0v) is 21.2. The van der Waals surface area contributed by atoms with Gasteiger partial charge < -0.3 is 19.9 Å². The molecule has 2 unspecified atom stereocenters. The SMILES string of the molecule is C=Cc1[nH]c(=O)n(C2CCCN(C(=O)OC(C)(C)C)C2)c1N=C(Nc1ccc(F)cc1)C(C)CC. The summed E-state index contributed by atoms with van der Waals surface area (Å²) in [5.41, 5.74) is 0.298. The van der Waals surface area contributed by atoms with Crippen LogP contribution in [0.5, 0.6) is 0 Å². The molecule has 0 radical (unpaired) electrons. The standard InChI is InChI=1S/C26H36FN5O3/c1-7-17(3)22(28-19-13-11-18(27)12-14-19)30-23-21(8-2)29-24(33)32(23)20-10-9-15-31(16-20)25(34)35-26(4,5)6/h8,11-14,17,20H,2,7,9-10,15-16H2,1,3-6H3,(H,28,30)(H,29,33). The number of hydrogen-bond donors (Lipinski definition) is 2. The van der Waals surface area contributed by atoms with Gasteiger partial charge in [0.05, 0.1) is 11.7 Å². The number of imidazole rings is 1. The number of rotatable bonds is 6. The quantitative estimate of drug-likeness (QED) is 0.404. The normalized spacial score (nSPS) is 17.7. The smallest absolute Gasteiger partial charge is 0.410 e. The number of piperidine rings is 1. The number of nitrogens with one attached hydrogen (secondary N) is 2. The molecule has 1 saturated heterocycles. The summed E-state index contributed by atoms with van der Waals surface area (Å²) >= 11 is 0. The molecule has 2 aromatic rings. The Labute approximate surface area is 205 Å². The zero-order chi connectivity index (χ0) is 25.8. The number of amidine groups is 1. The summed E-state index contributed by atoms with van der Waals surface area (Å²) in [7, 11) is 0. The molecular formula is C26H36FN5O3. The number of H-pyrrole nitrogens is 1. The van der Waals surface area contributed by atoms with E-state index < -0.39 is 11.7 Å². The largest absolute Gasteiger partial charge is 0.444 e. The molecule has 1 aliphatic heterocycles. The molecule has 2 heterocycles. The third kappa shape index (κ3) is 6.61. The Hall–Kier alpha value is -3.36. The summed E-state index contributed by atoms with van der Waals surface area (Å²) in [5, 5.41) is 3.28. The second kappa shape index (κ2) is 10.9. The first kappa shape index (κ1) is 26.2. The summed E-state index contributed by atoms with van der Waals surface area (Å²) in [5.74, 6) is 0.819. The number of hydrogen-bond acceptors (Lipinski definition) is 4. The van der Waals surface area contributed by atoms with Gasteiger partial charge in [-0.25, -0.2) is 19.0 Å². The first-order valence-corrected chi connectivity index (χ1v) is 12.1. The molecule has 1 fully saturated rings. The Morgan fingerprint density at radius 1 is 1.37 bits per heavy atom. The van der Waals surface area contributed by atoms with Gasteiger partial charge in [-0.05, 0) is 70.4 Å². The summed E-state index contributed by atoms with van der Waals surface area (Å²) in [6.07, 6.45) is 3.44. The van der Waals surface area contributed by atoms with Crippen molar-refractivity contribution in [1.29, 1.82) is 0 Å². The Kier molecular flexibility index (Phi) is 8.19. The molecular weight excluding hydrogens is 449 g/mol. The number of carbonyl (C=O) groups excluding carboxylic acids is 1. The lowest BCUT2D eigenvalue weighted by Gasteiger charge is -2.34. The Bertz CT molecular complexity index is 1130. The van der Waals surface area contributed by atoms with Gasteiger partial charge in [-0.1, -0.05) is 20.4 Å². The van der Waals surface area contributed by atoms with Crippen LogP contribution in [0.25, 0.3) is 6.08 Å². The van der Waals surface area contributed by atoms with E-state index in [9.17, 15) is 14.0 Å². The Morgan fingerprint density at radius 2 is 2.06 bits per heavy atom. The highest BCUT2D eigenvalue weighted by Gasteiger charge is 2.31. The number of halogens is 1. The molecule has 35 heavy (non-hydrogen) atoms. The summed E-state index contributed by atoms with van der Waals surface area (Å²) < 4.78 is 20.5. The third-order valence-corrected chi connectivity index (χ3v) is 5.97. The minimum atomic E-state index is -0.600. The van der Waals surface area contributed by atoms with Gasteiger partial charge in [0.25, 0.3) is 0 Å². The fraction of sp³-hybridized carbons (Fsp3) is 0.500. The van der Waals surface area contributed by atoms with Crippen LogP contribution in [-0.4, -0.2) is 45.1 Å². The predicted octanol–water partition coefficient (Wildman–Crippen LogP) is 5.72. The monoisotopic (exact) mass is 485 g/mol. The molecule has 1 amide bonds. The van der Waals surface area contributed by atoms with Crippen LogP contribution in [0.2, 0.25) is 0 Å². The molecule has 190 valence electrons. The lowest BCUT2D eigenvalue weighted by Crippen LogP contribution is -2.44. The number of ether oxygens (including phenoxy) is 1. The van der Waals surface area contributed by atoms with Gasteiger partial charge in [0.2, 0.25) is 0 Å². The molecule has 0 saturated carbocycles. The van der Waals surface area contributed by atoms with Gasteiger partial charge in [-0.2, -0.15) is 0 Å². The molecule has 0 aliphatic carbocycles. The maximum absolute atomic E-state index is 13.4. The van der Waals surface area contributed by atoms with Crippen molar-refractivity contribution in [1.82, 2.24) is 14.5 Å². The summed E-state index contributed by atoms with van der Waals surface area (Å²) in [4.78, 5) is 35.1. The van der Waals surface area contributed by atoms with Gasteiger partial charge in [-0.3, -0.25) is 4.57 Å². The molecule has 9 heteroatoms. The molecule has 2 N–H and O–H groups in total. The van der Waals surface area contributed by atoms with Crippen molar-refractivity contribution in [3.8, 4) is 0 Å². The fourth-order valence-corrected chi connectivity index (χ4v) is 3.96. The van der Waals surface area contributed by atoms with E-state index in [0.717, 1.165) is 19.3 Å².